The molecule has 1 N–H and O–H groups in total. The lowest BCUT2D eigenvalue weighted by Gasteiger charge is -2.27. The molecule has 8 heteroatoms. The first-order chi connectivity index (χ1) is 14.6. The van der Waals surface area contributed by atoms with Gasteiger partial charge in [0.25, 0.3) is 5.91 Å². The number of nitrogens with zero attached hydrogens (tertiary/aromatic N) is 1. The number of carbonyl (C=O) groups is 2. The Bertz CT molecular complexity index is 1120. The van der Waals surface area contributed by atoms with Crippen molar-refractivity contribution in [2.45, 2.75) is 57.9 Å². The smallest absolute Gasteiger partial charge is 0.287 e. The van der Waals surface area contributed by atoms with Crippen LogP contribution in [0.3, 0.4) is 0 Å². The van der Waals surface area contributed by atoms with Crippen LogP contribution in [-0.2, 0) is 23.0 Å². The molecule has 1 aromatic carbocycles. The van der Waals surface area contributed by atoms with Crippen LogP contribution in [0.5, 0.6) is 0 Å². The van der Waals surface area contributed by atoms with Gasteiger partial charge in [-0.2, -0.15) is 4.31 Å². The summed E-state index contributed by atoms with van der Waals surface area (Å²) in [7, 11) is -3.45. The number of hydrogen-bond donors (Lipinski definition) is 1. The van der Waals surface area contributed by atoms with Crippen molar-refractivity contribution < 1.29 is 22.4 Å². The number of sulfonamides is 1. The van der Waals surface area contributed by atoms with Crippen LogP contribution in [0.1, 0.15) is 70.9 Å². The number of rotatable bonds is 5. The number of carbonyl (C=O) groups excluding carboxylic acids is 2. The van der Waals surface area contributed by atoms with Gasteiger partial charge < -0.3 is 9.73 Å². The SMILES string of the molecule is Cc1c(C(=O)NCc2ccc(S(=O)(=O)N3CCCC3)cc2)oc2c1C(=O)CC(C)(C)C2. The van der Waals surface area contributed by atoms with Crippen LogP contribution in [0.2, 0.25) is 0 Å². The van der Waals surface area contributed by atoms with Gasteiger partial charge in [0, 0.05) is 38.0 Å². The van der Waals surface area contributed by atoms with Gasteiger partial charge in [-0.05, 0) is 42.9 Å². The molecular weight excluding hydrogens is 416 g/mol. The van der Waals surface area contributed by atoms with E-state index in [-0.39, 0.29) is 34.3 Å². The number of furan rings is 1. The third kappa shape index (κ3) is 4.19. The Labute approximate surface area is 182 Å². The molecule has 166 valence electrons. The Kier molecular flexibility index (Phi) is 5.55. The Morgan fingerprint density at radius 1 is 1.13 bits per heavy atom. The van der Waals surface area contributed by atoms with Crippen molar-refractivity contribution in [3.8, 4) is 0 Å². The lowest BCUT2D eigenvalue weighted by molar-refractivity contribution is 0.0888. The number of nitrogens with one attached hydrogen (secondary N) is 1. The average molecular weight is 445 g/mol. The van der Waals surface area contributed by atoms with E-state index in [1.165, 1.54) is 4.31 Å². The first-order valence-electron chi connectivity index (χ1n) is 10.6. The summed E-state index contributed by atoms with van der Waals surface area (Å²) in [6, 6.07) is 6.56. The lowest BCUT2D eigenvalue weighted by atomic mass is 9.76. The van der Waals surface area contributed by atoms with Gasteiger partial charge >= 0.3 is 0 Å². The second-order valence-electron chi connectivity index (χ2n) is 9.23. The van der Waals surface area contributed by atoms with Crippen LogP contribution in [0.25, 0.3) is 0 Å². The van der Waals surface area contributed by atoms with E-state index in [0.717, 1.165) is 18.4 Å². The first-order valence-corrected chi connectivity index (χ1v) is 12.1. The molecule has 2 aliphatic rings. The average Bonchev–Trinajstić information content (AvgIpc) is 3.34. The van der Waals surface area contributed by atoms with E-state index in [9.17, 15) is 18.0 Å². The fraction of sp³-hybridized carbons (Fsp3) is 0.478. The molecule has 0 atom stereocenters. The molecule has 1 aliphatic carbocycles. The predicted octanol–water partition coefficient (Wildman–Crippen LogP) is 3.46. The Hall–Kier alpha value is -2.45. The van der Waals surface area contributed by atoms with E-state index in [4.69, 9.17) is 4.42 Å². The lowest BCUT2D eigenvalue weighted by Crippen LogP contribution is -2.28. The van der Waals surface area contributed by atoms with Gasteiger partial charge in [-0.15, -0.1) is 0 Å². The number of fused-ring (bicyclic) bond motifs is 1. The molecule has 7 nitrogen and oxygen atoms in total. The van der Waals surface area contributed by atoms with E-state index in [0.29, 0.717) is 42.8 Å². The van der Waals surface area contributed by atoms with Gasteiger partial charge in [-0.25, -0.2) is 8.42 Å². The van der Waals surface area contributed by atoms with Gasteiger partial charge in [0.2, 0.25) is 10.0 Å². The van der Waals surface area contributed by atoms with Gasteiger partial charge in [0.1, 0.15) is 5.76 Å². The highest BCUT2D eigenvalue weighted by Crippen LogP contribution is 2.38. The quantitative estimate of drug-likeness (QED) is 0.762. The zero-order valence-corrected chi connectivity index (χ0v) is 19.0. The molecule has 2 aromatic rings. The maximum atomic E-state index is 12.7. The minimum atomic E-state index is -3.45. The van der Waals surface area contributed by atoms with Crippen molar-refractivity contribution in [3.05, 3.63) is 52.5 Å². The molecular formula is C23H28N2O5S. The molecule has 1 saturated heterocycles. The Morgan fingerprint density at radius 3 is 2.42 bits per heavy atom. The molecule has 1 aromatic heterocycles. The zero-order valence-electron chi connectivity index (χ0n) is 18.2. The first kappa shape index (κ1) is 21.8. The minimum Gasteiger partial charge on any atom is -0.455 e. The number of ketones is 1. The zero-order chi connectivity index (χ0) is 22.4. The highest BCUT2D eigenvalue weighted by molar-refractivity contribution is 7.89. The minimum absolute atomic E-state index is 0.0151. The maximum Gasteiger partial charge on any atom is 0.287 e. The van der Waals surface area contributed by atoms with Crippen LogP contribution in [0.4, 0.5) is 0 Å². The van der Waals surface area contributed by atoms with Gasteiger partial charge in [0.05, 0.1) is 10.5 Å². The predicted molar refractivity (Wildman–Crippen MR) is 115 cm³/mol. The van der Waals surface area contributed by atoms with Crippen molar-refractivity contribution >= 4 is 21.7 Å². The van der Waals surface area contributed by atoms with Crippen LogP contribution >= 0.6 is 0 Å². The topological polar surface area (TPSA) is 96.7 Å². The molecule has 0 unspecified atom stereocenters. The fourth-order valence-electron chi connectivity index (χ4n) is 4.42. The van der Waals surface area contributed by atoms with Crippen LogP contribution in [0, 0.1) is 12.3 Å². The third-order valence-electron chi connectivity index (χ3n) is 6.06. The summed E-state index contributed by atoms with van der Waals surface area (Å²) in [6.45, 7) is 7.12. The Balaban J connectivity index is 1.44. The second-order valence-corrected chi connectivity index (χ2v) is 11.2. The summed E-state index contributed by atoms with van der Waals surface area (Å²) < 4.78 is 32.5. The molecule has 4 rings (SSSR count). The summed E-state index contributed by atoms with van der Waals surface area (Å²) in [5.41, 5.74) is 1.72. The summed E-state index contributed by atoms with van der Waals surface area (Å²) >= 11 is 0. The fourth-order valence-corrected chi connectivity index (χ4v) is 5.94. The van der Waals surface area contributed by atoms with E-state index >= 15 is 0 Å². The molecule has 31 heavy (non-hydrogen) atoms. The normalized spacial score (nSPS) is 18.7. The molecule has 1 amide bonds. The van der Waals surface area contributed by atoms with Gasteiger partial charge in [0.15, 0.2) is 11.5 Å². The van der Waals surface area contributed by atoms with E-state index < -0.39 is 10.0 Å². The van der Waals surface area contributed by atoms with E-state index in [2.05, 4.69) is 5.32 Å². The highest BCUT2D eigenvalue weighted by atomic mass is 32.2. The van der Waals surface area contributed by atoms with Crippen LogP contribution in [0.15, 0.2) is 33.6 Å². The van der Waals surface area contributed by atoms with Crippen LogP contribution < -0.4 is 5.32 Å². The van der Waals surface area contributed by atoms with E-state index in [1.807, 2.05) is 13.8 Å². The molecule has 1 aliphatic heterocycles. The largest absolute Gasteiger partial charge is 0.455 e. The van der Waals surface area contributed by atoms with Crippen LogP contribution in [-0.4, -0.2) is 37.5 Å². The van der Waals surface area contributed by atoms with Crippen molar-refractivity contribution in [1.29, 1.82) is 0 Å². The monoisotopic (exact) mass is 444 g/mol. The molecule has 0 radical (unpaired) electrons. The molecule has 2 heterocycles. The van der Waals surface area contributed by atoms with Gasteiger partial charge in [-0.1, -0.05) is 26.0 Å². The summed E-state index contributed by atoms with van der Waals surface area (Å²) in [4.78, 5) is 25.5. The van der Waals surface area contributed by atoms with Crippen molar-refractivity contribution in [3.63, 3.8) is 0 Å². The summed E-state index contributed by atoms with van der Waals surface area (Å²) in [6.07, 6.45) is 2.84. The maximum absolute atomic E-state index is 12.7. The molecule has 0 saturated carbocycles. The Morgan fingerprint density at radius 2 is 1.77 bits per heavy atom. The third-order valence-corrected chi connectivity index (χ3v) is 7.98. The second kappa shape index (κ2) is 7.91. The number of benzene rings is 1. The van der Waals surface area contributed by atoms with Crippen molar-refractivity contribution in [2.75, 3.05) is 13.1 Å². The van der Waals surface area contributed by atoms with Crippen molar-refractivity contribution in [2.24, 2.45) is 5.41 Å². The standard InChI is InChI=1S/C23H28N2O5S/c1-15-20-18(26)12-23(2,3)13-19(20)30-21(15)22(27)24-14-16-6-8-17(9-7-16)31(28,29)25-10-4-5-11-25/h6-9H,4-5,10-14H2,1-3H3,(H,24,27). The number of Topliss-reactive ketones (excluding diaryl/α,β-unsaturated/α-hetero) is 1. The summed E-state index contributed by atoms with van der Waals surface area (Å²) in [5, 5.41) is 2.81. The highest BCUT2D eigenvalue weighted by Gasteiger charge is 2.37. The summed E-state index contributed by atoms with van der Waals surface area (Å²) in [5.74, 6) is 0.386. The van der Waals surface area contributed by atoms with Crippen molar-refractivity contribution in [1.82, 2.24) is 9.62 Å². The van der Waals surface area contributed by atoms with Gasteiger partial charge in [-0.3, -0.25) is 9.59 Å². The molecule has 1 fully saturated rings. The molecule has 0 bridgehead atoms. The van der Waals surface area contributed by atoms with E-state index in [1.54, 1.807) is 31.2 Å². The molecule has 0 spiro atoms. The number of amides is 1. The number of hydrogen-bond acceptors (Lipinski definition) is 5.